The molecular weight excluding hydrogens is 236 g/mol. The third-order valence-corrected chi connectivity index (χ3v) is 3.68. The molecule has 0 saturated carbocycles. The van der Waals surface area contributed by atoms with Gasteiger partial charge in [-0.3, -0.25) is 0 Å². The molecule has 0 radical (unpaired) electrons. The maximum Gasteiger partial charge on any atom is 0.144 e. The summed E-state index contributed by atoms with van der Waals surface area (Å²) in [6.07, 6.45) is 6.55. The minimum atomic E-state index is 0.444. The molecule has 2 rings (SSSR count). The predicted molar refractivity (Wildman–Crippen MR) is 76.9 cm³/mol. The minimum Gasteiger partial charge on any atom is -0.366 e. The van der Waals surface area contributed by atoms with E-state index in [2.05, 4.69) is 28.2 Å². The Kier molecular flexibility index (Phi) is 5.17. The molecular formula is C15H22N4. The summed E-state index contributed by atoms with van der Waals surface area (Å²) >= 11 is 0. The fraction of sp³-hybridized carbons (Fsp3) is 0.600. The number of aromatic nitrogens is 1. The number of pyridine rings is 1. The lowest BCUT2D eigenvalue weighted by molar-refractivity contribution is 0.216. The summed E-state index contributed by atoms with van der Waals surface area (Å²) in [5.41, 5.74) is 0.635. The molecule has 0 aromatic carbocycles. The fourth-order valence-corrected chi connectivity index (χ4v) is 2.49. The molecule has 1 saturated heterocycles. The Hall–Kier alpha value is -1.60. The molecule has 0 atom stereocenters. The highest BCUT2D eigenvalue weighted by atomic mass is 15.1. The van der Waals surface area contributed by atoms with E-state index in [0.717, 1.165) is 31.7 Å². The van der Waals surface area contributed by atoms with Gasteiger partial charge in [-0.05, 0) is 37.9 Å². The second kappa shape index (κ2) is 7.10. The van der Waals surface area contributed by atoms with Crippen LogP contribution in [-0.2, 0) is 0 Å². The number of likely N-dealkylation sites (tertiary alicyclic amines) is 1. The summed E-state index contributed by atoms with van der Waals surface area (Å²) in [5, 5.41) is 12.5. The summed E-state index contributed by atoms with van der Waals surface area (Å²) in [4.78, 5) is 6.80. The zero-order valence-corrected chi connectivity index (χ0v) is 11.6. The van der Waals surface area contributed by atoms with Gasteiger partial charge in [0.2, 0.25) is 0 Å². The van der Waals surface area contributed by atoms with E-state index >= 15 is 0 Å². The van der Waals surface area contributed by atoms with Gasteiger partial charge >= 0.3 is 0 Å². The van der Waals surface area contributed by atoms with Crippen LogP contribution in [0.25, 0.3) is 0 Å². The Morgan fingerprint density at radius 3 is 2.95 bits per heavy atom. The lowest BCUT2D eigenvalue weighted by atomic mass is 10.0. The van der Waals surface area contributed by atoms with Crippen molar-refractivity contribution in [3.63, 3.8) is 0 Å². The van der Waals surface area contributed by atoms with Crippen LogP contribution < -0.4 is 5.32 Å². The van der Waals surface area contributed by atoms with Crippen molar-refractivity contribution < 1.29 is 0 Å². The van der Waals surface area contributed by atoms with Gasteiger partial charge in [0.25, 0.3) is 0 Å². The van der Waals surface area contributed by atoms with E-state index in [1.54, 1.807) is 12.3 Å². The second-order valence-electron chi connectivity index (χ2n) is 5.13. The summed E-state index contributed by atoms with van der Waals surface area (Å²) in [6, 6.07) is 6.24. The number of anilines is 1. The zero-order chi connectivity index (χ0) is 13.5. The maximum absolute atomic E-state index is 9.05. The molecule has 0 spiro atoms. The second-order valence-corrected chi connectivity index (χ2v) is 5.13. The topological polar surface area (TPSA) is 52.0 Å². The third kappa shape index (κ3) is 3.93. The first-order chi connectivity index (χ1) is 9.33. The molecule has 0 amide bonds. The van der Waals surface area contributed by atoms with Crippen molar-refractivity contribution in [2.24, 2.45) is 0 Å². The van der Waals surface area contributed by atoms with Crippen LogP contribution in [0.15, 0.2) is 18.3 Å². The van der Waals surface area contributed by atoms with Crippen molar-refractivity contribution in [2.75, 3.05) is 25.0 Å². The highest BCUT2D eigenvalue weighted by Gasteiger charge is 2.19. The van der Waals surface area contributed by atoms with Crippen molar-refractivity contribution in [3.05, 3.63) is 23.9 Å². The molecule has 1 N–H and O–H groups in total. The highest BCUT2D eigenvalue weighted by molar-refractivity contribution is 5.51. The van der Waals surface area contributed by atoms with Crippen LogP contribution in [-0.4, -0.2) is 35.6 Å². The summed E-state index contributed by atoms with van der Waals surface area (Å²) in [7, 11) is 0. The van der Waals surface area contributed by atoms with Crippen LogP contribution in [0, 0.1) is 11.3 Å². The van der Waals surface area contributed by atoms with Gasteiger partial charge in [-0.2, -0.15) is 5.26 Å². The Morgan fingerprint density at radius 1 is 1.47 bits per heavy atom. The Balaban J connectivity index is 1.84. The van der Waals surface area contributed by atoms with Crippen molar-refractivity contribution >= 4 is 5.82 Å². The first kappa shape index (κ1) is 13.8. The number of hydrogen-bond donors (Lipinski definition) is 1. The van der Waals surface area contributed by atoms with Crippen LogP contribution >= 0.6 is 0 Å². The van der Waals surface area contributed by atoms with Crippen LogP contribution in [0.3, 0.4) is 0 Å². The molecule has 1 aliphatic heterocycles. The standard InChI is InChI=1S/C15H22N4/c1-2-3-9-19-10-6-14(7-11-19)18-15-13(12-16)5-4-8-17-15/h4-5,8,14H,2-3,6-7,9-11H2,1H3,(H,17,18). The normalized spacial score (nSPS) is 17.1. The van der Waals surface area contributed by atoms with E-state index in [1.165, 1.54) is 19.4 Å². The molecule has 4 heteroatoms. The SMILES string of the molecule is CCCCN1CCC(Nc2ncccc2C#N)CC1. The molecule has 102 valence electrons. The summed E-state index contributed by atoms with van der Waals surface area (Å²) in [6.45, 7) is 5.74. The van der Waals surface area contributed by atoms with Gasteiger partial charge in [-0.1, -0.05) is 13.3 Å². The smallest absolute Gasteiger partial charge is 0.144 e. The van der Waals surface area contributed by atoms with Gasteiger partial charge in [-0.15, -0.1) is 0 Å². The Bertz CT molecular complexity index is 430. The predicted octanol–water partition coefficient (Wildman–Crippen LogP) is 2.63. The van der Waals surface area contributed by atoms with Crippen molar-refractivity contribution in [3.8, 4) is 6.07 Å². The average Bonchev–Trinajstić information content (AvgIpc) is 2.47. The summed E-state index contributed by atoms with van der Waals surface area (Å²) in [5.74, 6) is 0.733. The monoisotopic (exact) mass is 258 g/mol. The number of unbranched alkanes of at least 4 members (excludes halogenated alkanes) is 1. The number of nitrogens with one attached hydrogen (secondary N) is 1. The first-order valence-electron chi connectivity index (χ1n) is 7.17. The lowest BCUT2D eigenvalue weighted by Gasteiger charge is -2.32. The van der Waals surface area contributed by atoms with E-state index in [9.17, 15) is 0 Å². The Labute approximate surface area is 115 Å². The molecule has 19 heavy (non-hydrogen) atoms. The largest absolute Gasteiger partial charge is 0.366 e. The summed E-state index contributed by atoms with van der Waals surface area (Å²) < 4.78 is 0. The maximum atomic E-state index is 9.05. The van der Waals surface area contributed by atoms with Gasteiger partial charge in [0.1, 0.15) is 11.9 Å². The van der Waals surface area contributed by atoms with Crippen LogP contribution in [0.2, 0.25) is 0 Å². The first-order valence-corrected chi connectivity index (χ1v) is 7.17. The minimum absolute atomic E-state index is 0.444. The quantitative estimate of drug-likeness (QED) is 0.882. The highest BCUT2D eigenvalue weighted by Crippen LogP contribution is 2.17. The molecule has 1 aromatic heterocycles. The number of rotatable bonds is 5. The van der Waals surface area contributed by atoms with Gasteiger partial charge < -0.3 is 10.2 Å². The lowest BCUT2D eigenvalue weighted by Crippen LogP contribution is -2.39. The molecule has 4 nitrogen and oxygen atoms in total. The van der Waals surface area contributed by atoms with E-state index in [4.69, 9.17) is 5.26 Å². The molecule has 0 bridgehead atoms. The van der Waals surface area contributed by atoms with Gasteiger partial charge in [-0.25, -0.2) is 4.98 Å². The third-order valence-electron chi connectivity index (χ3n) is 3.68. The molecule has 0 aliphatic carbocycles. The van der Waals surface area contributed by atoms with E-state index in [0.29, 0.717) is 11.6 Å². The van der Waals surface area contributed by atoms with Gasteiger partial charge in [0.15, 0.2) is 0 Å². The fourth-order valence-electron chi connectivity index (χ4n) is 2.49. The zero-order valence-electron chi connectivity index (χ0n) is 11.6. The molecule has 1 fully saturated rings. The molecule has 2 heterocycles. The molecule has 0 unspecified atom stereocenters. The Morgan fingerprint density at radius 2 is 2.26 bits per heavy atom. The van der Waals surface area contributed by atoms with Crippen LogP contribution in [0.1, 0.15) is 38.2 Å². The molecule has 1 aliphatic rings. The van der Waals surface area contributed by atoms with Crippen LogP contribution in [0.4, 0.5) is 5.82 Å². The van der Waals surface area contributed by atoms with E-state index < -0.39 is 0 Å². The van der Waals surface area contributed by atoms with Crippen molar-refractivity contribution in [1.82, 2.24) is 9.88 Å². The average molecular weight is 258 g/mol. The number of nitrogens with zero attached hydrogens (tertiary/aromatic N) is 3. The molecule has 1 aromatic rings. The van der Waals surface area contributed by atoms with E-state index in [-0.39, 0.29) is 0 Å². The van der Waals surface area contributed by atoms with Gasteiger partial charge in [0.05, 0.1) is 5.56 Å². The van der Waals surface area contributed by atoms with Crippen LogP contribution in [0.5, 0.6) is 0 Å². The van der Waals surface area contributed by atoms with Crippen molar-refractivity contribution in [2.45, 2.75) is 38.6 Å². The van der Waals surface area contributed by atoms with E-state index in [1.807, 2.05) is 6.07 Å². The van der Waals surface area contributed by atoms with Gasteiger partial charge in [0, 0.05) is 25.3 Å². The number of piperidine rings is 1. The number of nitriles is 1. The number of hydrogen-bond acceptors (Lipinski definition) is 4. The van der Waals surface area contributed by atoms with Crippen molar-refractivity contribution in [1.29, 1.82) is 5.26 Å².